The van der Waals surface area contributed by atoms with Gasteiger partial charge in [0.2, 0.25) is 10.0 Å². The summed E-state index contributed by atoms with van der Waals surface area (Å²) in [6.45, 7) is -1.30. The van der Waals surface area contributed by atoms with Gasteiger partial charge in [0.15, 0.2) is 0 Å². The van der Waals surface area contributed by atoms with Gasteiger partial charge >= 0.3 is 0 Å². The number of rotatable bonds is 6. The monoisotopic (exact) mass is 295 g/mol. The number of methoxy groups -OCH3 is 1. The molecule has 1 aromatic carbocycles. The molecule has 0 bridgehead atoms. The second kappa shape index (κ2) is 6.27. The number of halogens is 2. The summed E-state index contributed by atoms with van der Waals surface area (Å²) in [4.78, 5) is -0.166. The van der Waals surface area contributed by atoms with Crippen molar-refractivity contribution >= 4 is 10.0 Å². The van der Waals surface area contributed by atoms with Crippen LogP contribution in [0.15, 0.2) is 23.1 Å². The van der Waals surface area contributed by atoms with Crippen LogP contribution in [-0.2, 0) is 16.6 Å². The molecule has 0 atom stereocenters. The lowest BCUT2D eigenvalue weighted by Gasteiger charge is -2.17. The minimum atomic E-state index is -4.00. The average Bonchev–Trinajstić information content (AvgIpc) is 2.36. The van der Waals surface area contributed by atoms with Gasteiger partial charge in [-0.15, -0.1) is 0 Å². The van der Waals surface area contributed by atoms with Crippen molar-refractivity contribution in [2.24, 2.45) is 0 Å². The molecule has 0 unspecified atom stereocenters. The number of aliphatic hydroxyl groups excluding tert-OH is 1. The Morgan fingerprint density at radius 1 is 1.42 bits per heavy atom. The van der Waals surface area contributed by atoms with Crippen LogP contribution in [0.1, 0.15) is 5.56 Å². The maximum absolute atomic E-state index is 12.2. The lowest BCUT2D eigenvalue weighted by atomic mass is 10.2. The molecule has 5 nitrogen and oxygen atoms in total. The average molecular weight is 295 g/mol. The smallest absolute Gasteiger partial charge is 0.252 e. The molecule has 0 aliphatic heterocycles. The highest BCUT2D eigenvalue weighted by Gasteiger charge is 2.24. The largest absolute Gasteiger partial charge is 0.496 e. The van der Waals surface area contributed by atoms with E-state index in [4.69, 9.17) is 9.84 Å². The third-order valence-corrected chi connectivity index (χ3v) is 4.34. The standard InChI is InChI=1S/C11H15F2NO4S/c1-14(6-11(12)13)19(16,17)9-3-4-10(18-2)8(5-9)7-15/h3-5,11,15H,6-7H2,1-2H3. The van der Waals surface area contributed by atoms with E-state index in [1.54, 1.807) is 0 Å². The Balaban J connectivity index is 3.15. The molecule has 0 amide bonds. The van der Waals surface area contributed by atoms with Crippen LogP contribution in [0.25, 0.3) is 0 Å². The number of nitrogens with zero attached hydrogens (tertiary/aromatic N) is 1. The van der Waals surface area contributed by atoms with Crippen molar-refractivity contribution in [2.75, 3.05) is 20.7 Å². The van der Waals surface area contributed by atoms with E-state index in [1.807, 2.05) is 0 Å². The maximum Gasteiger partial charge on any atom is 0.252 e. The van der Waals surface area contributed by atoms with Gasteiger partial charge in [-0.25, -0.2) is 17.2 Å². The zero-order valence-corrected chi connectivity index (χ0v) is 11.3. The Morgan fingerprint density at radius 2 is 2.05 bits per heavy atom. The minimum absolute atomic E-state index is 0.166. The first-order chi connectivity index (χ1) is 8.82. The highest BCUT2D eigenvalue weighted by atomic mass is 32.2. The second-order valence-corrected chi connectivity index (χ2v) is 5.85. The van der Waals surface area contributed by atoms with Crippen molar-refractivity contribution < 1.29 is 27.0 Å². The summed E-state index contributed by atoms with van der Waals surface area (Å²) in [5.74, 6) is 0.331. The number of benzene rings is 1. The van der Waals surface area contributed by atoms with Crippen molar-refractivity contribution in [1.82, 2.24) is 4.31 Å². The first-order valence-electron chi connectivity index (χ1n) is 5.35. The van der Waals surface area contributed by atoms with E-state index in [1.165, 1.54) is 25.3 Å². The van der Waals surface area contributed by atoms with Crippen molar-refractivity contribution in [3.63, 3.8) is 0 Å². The third kappa shape index (κ3) is 3.62. The van der Waals surface area contributed by atoms with E-state index >= 15 is 0 Å². The van der Waals surface area contributed by atoms with Gasteiger partial charge in [0.25, 0.3) is 6.43 Å². The molecule has 0 saturated heterocycles. The van der Waals surface area contributed by atoms with Gasteiger partial charge in [-0.2, -0.15) is 4.31 Å². The minimum Gasteiger partial charge on any atom is -0.496 e. The lowest BCUT2D eigenvalue weighted by Crippen LogP contribution is -2.31. The summed E-state index contributed by atoms with van der Waals surface area (Å²) < 4.78 is 54.0. The van der Waals surface area contributed by atoms with Crippen LogP contribution < -0.4 is 4.74 Å². The van der Waals surface area contributed by atoms with Crippen LogP contribution in [-0.4, -0.2) is 45.0 Å². The maximum atomic E-state index is 12.2. The van der Waals surface area contributed by atoms with E-state index in [0.29, 0.717) is 10.1 Å². The molecule has 0 spiro atoms. The molecule has 0 saturated carbocycles. The summed E-state index contributed by atoms with van der Waals surface area (Å²) >= 11 is 0. The number of alkyl halides is 2. The second-order valence-electron chi connectivity index (χ2n) is 3.81. The van der Waals surface area contributed by atoms with E-state index in [-0.39, 0.29) is 10.5 Å². The first-order valence-corrected chi connectivity index (χ1v) is 6.79. The molecule has 0 aromatic heterocycles. The molecule has 1 aromatic rings. The van der Waals surface area contributed by atoms with Gasteiger partial charge in [0.05, 0.1) is 25.2 Å². The van der Waals surface area contributed by atoms with Crippen LogP contribution in [0.5, 0.6) is 5.75 Å². The van der Waals surface area contributed by atoms with Gasteiger partial charge in [-0.05, 0) is 18.2 Å². The normalized spacial score (nSPS) is 12.2. The van der Waals surface area contributed by atoms with E-state index in [9.17, 15) is 17.2 Å². The molecule has 8 heteroatoms. The molecule has 1 rings (SSSR count). The zero-order chi connectivity index (χ0) is 14.6. The van der Waals surface area contributed by atoms with Gasteiger partial charge < -0.3 is 9.84 Å². The van der Waals surface area contributed by atoms with Crippen LogP contribution in [0.2, 0.25) is 0 Å². The van der Waals surface area contributed by atoms with E-state index < -0.39 is 29.6 Å². The molecule has 0 aliphatic carbocycles. The van der Waals surface area contributed by atoms with Crippen molar-refractivity contribution in [3.8, 4) is 5.75 Å². The van der Waals surface area contributed by atoms with E-state index in [2.05, 4.69) is 0 Å². The summed E-state index contributed by atoms with van der Waals surface area (Å²) in [5.41, 5.74) is 0.272. The predicted octanol–water partition coefficient (Wildman–Crippen LogP) is 1.07. The summed E-state index contributed by atoms with van der Waals surface area (Å²) in [6, 6.07) is 3.82. The van der Waals surface area contributed by atoms with Gasteiger partial charge in [-0.1, -0.05) is 0 Å². The summed E-state index contributed by atoms with van der Waals surface area (Å²) in [5, 5.41) is 9.12. The Hall–Kier alpha value is -1.25. The van der Waals surface area contributed by atoms with Gasteiger partial charge in [0, 0.05) is 12.6 Å². The summed E-state index contributed by atoms with van der Waals surface area (Å²) in [7, 11) is -1.55. The van der Waals surface area contributed by atoms with Crippen molar-refractivity contribution in [3.05, 3.63) is 23.8 Å². The highest BCUT2D eigenvalue weighted by molar-refractivity contribution is 7.89. The van der Waals surface area contributed by atoms with Crippen molar-refractivity contribution in [1.29, 1.82) is 0 Å². The Kier molecular flexibility index (Phi) is 5.21. The van der Waals surface area contributed by atoms with E-state index in [0.717, 1.165) is 7.05 Å². The van der Waals surface area contributed by atoms with Crippen LogP contribution >= 0.6 is 0 Å². The molecule has 0 radical (unpaired) electrons. The number of hydrogen-bond donors (Lipinski definition) is 1. The number of sulfonamides is 1. The molecule has 0 fully saturated rings. The number of ether oxygens (including phenoxy) is 1. The van der Waals surface area contributed by atoms with Crippen LogP contribution in [0.4, 0.5) is 8.78 Å². The molecule has 0 heterocycles. The topological polar surface area (TPSA) is 66.8 Å². The fourth-order valence-electron chi connectivity index (χ4n) is 1.51. The number of hydrogen-bond acceptors (Lipinski definition) is 4. The molecular formula is C11H15F2NO4S. The Labute approximate surface area is 110 Å². The molecule has 19 heavy (non-hydrogen) atoms. The lowest BCUT2D eigenvalue weighted by molar-refractivity contribution is 0.126. The van der Waals surface area contributed by atoms with Crippen LogP contribution in [0, 0.1) is 0 Å². The summed E-state index contributed by atoms with van der Waals surface area (Å²) in [6.07, 6.45) is -2.75. The molecular weight excluding hydrogens is 280 g/mol. The van der Waals surface area contributed by atoms with Gasteiger partial charge in [0.1, 0.15) is 5.75 Å². The zero-order valence-electron chi connectivity index (χ0n) is 10.5. The Morgan fingerprint density at radius 3 is 2.53 bits per heavy atom. The third-order valence-electron chi connectivity index (χ3n) is 2.53. The first kappa shape index (κ1) is 15.8. The van der Waals surface area contributed by atoms with Crippen LogP contribution in [0.3, 0.4) is 0 Å². The van der Waals surface area contributed by atoms with Crippen molar-refractivity contribution in [2.45, 2.75) is 17.9 Å². The highest BCUT2D eigenvalue weighted by Crippen LogP contribution is 2.24. The fraction of sp³-hybridized carbons (Fsp3) is 0.455. The predicted molar refractivity (Wildman–Crippen MR) is 64.7 cm³/mol. The van der Waals surface area contributed by atoms with Gasteiger partial charge in [-0.3, -0.25) is 0 Å². The SMILES string of the molecule is COc1ccc(S(=O)(=O)N(C)CC(F)F)cc1CO. The molecule has 108 valence electrons. The Bertz CT molecular complexity index is 533. The quantitative estimate of drug-likeness (QED) is 0.852. The molecule has 0 aliphatic rings. The number of aliphatic hydroxyl groups is 1. The molecule has 1 N–H and O–H groups in total. The fourth-order valence-corrected chi connectivity index (χ4v) is 2.71.